The van der Waals surface area contributed by atoms with Gasteiger partial charge in [0.15, 0.2) is 9.84 Å². The van der Waals surface area contributed by atoms with Crippen LogP contribution in [0, 0.1) is 0 Å². The minimum Gasteiger partial charge on any atom is -0.399 e. The number of benzene rings is 1. The van der Waals surface area contributed by atoms with Gasteiger partial charge in [0, 0.05) is 11.9 Å². The van der Waals surface area contributed by atoms with Crippen LogP contribution < -0.4 is 5.73 Å². The third-order valence-corrected chi connectivity index (χ3v) is 7.67. The summed E-state index contributed by atoms with van der Waals surface area (Å²) >= 11 is 5.94. The molecule has 0 unspecified atom stereocenters. The minimum absolute atomic E-state index is 0.452. The summed E-state index contributed by atoms with van der Waals surface area (Å²) in [6.45, 7) is 0. The van der Waals surface area contributed by atoms with Gasteiger partial charge in [0.05, 0.1) is 0 Å². The van der Waals surface area contributed by atoms with E-state index < -0.39 is 18.5 Å². The molecule has 1 aromatic carbocycles. The molecular formula is C9H11Br2NO3S. The molecular weight excluding hydrogens is 362 g/mol. The third kappa shape index (κ3) is 2.77. The minimum atomic E-state index is -3.51. The Balaban J connectivity index is 3.12. The lowest BCUT2D eigenvalue weighted by atomic mass is 10.1. The second-order valence-corrected chi connectivity index (χ2v) is 10.2. The molecule has 0 spiro atoms. The first kappa shape index (κ1) is 14.0. The number of nitrogen functional groups attached to an aromatic ring is 1. The van der Waals surface area contributed by atoms with E-state index in [2.05, 4.69) is 31.9 Å². The molecule has 0 aliphatic heterocycles. The topological polar surface area (TPSA) is 80.4 Å². The Hall–Kier alpha value is -0.110. The van der Waals surface area contributed by atoms with Crippen LogP contribution in [0.4, 0.5) is 5.69 Å². The van der Waals surface area contributed by atoms with Gasteiger partial charge in [0.25, 0.3) is 0 Å². The summed E-state index contributed by atoms with van der Waals surface area (Å²) in [5, 5.41) is 9.96. The van der Waals surface area contributed by atoms with Crippen molar-refractivity contribution in [2.75, 3.05) is 12.0 Å². The van der Waals surface area contributed by atoms with Crippen molar-refractivity contribution < 1.29 is 13.5 Å². The summed E-state index contributed by atoms with van der Waals surface area (Å²) in [4.78, 5) is 0. The predicted octanol–water partition coefficient (Wildman–Crippen LogP) is 1.79. The Morgan fingerprint density at radius 2 is 1.75 bits per heavy atom. The van der Waals surface area contributed by atoms with Crippen LogP contribution in [-0.4, -0.2) is 22.3 Å². The van der Waals surface area contributed by atoms with Crippen LogP contribution in [0.2, 0.25) is 0 Å². The third-order valence-electron chi connectivity index (χ3n) is 2.06. The molecule has 0 amide bonds. The maximum atomic E-state index is 11.5. The molecule has 0 radical (unpaired) electrons. The fraction of sp³-hybridized carbons (Fsp3) is 0.333. The number of alkyl halides is 2. The van der Waals surface area contributed by atoms with Crippen LogP contribution in [-0.2, 0) is 9.84 Å². The van der Waals surface area contributed by atoms with Crippen molar-refractivity contribution in [3.05, 3.63) is 29.8 Å². The maximum absolute atomic E-state index is 11.5. The van der Waals surface area contributed by atoms with Crippen molar-refractivity contribution in [2.24, 2.45) is 0 Å². The molecule has 1 aromatic rings. The zero-order valence-corrected chi connectivity index (χ0v) is 12.4. The lowest BCUT2D eigenvalue weighted by Crippen LogP contribution is -2.31. The molecule has 1 rings (SSSR count). The highest BCUT2D eigenvalue weighted by Gasteiger charge is 2.43. The maximum Gasteiger partial charge on any atom is 0.210 e. The molecule has 0 aromatic heterocycles. The number of halogens is 2. The van der Waals surface area contributed by atoms with Gasteiger partial charge < -0.3 is 10.8 Å². The number of aliphatic hydroxyl groups excluding tert-OH is 1. The Labute approximate surface area is 111 Å². The van der Waals surface area contributed by atoms with Crippen molar-refractivity contribution in [3.8, 4) is 0 Å². The zero-order valence-electron chi connectivity index (χ0n) is 8.39. The molecule has 0 bridgehead atoms. The fourth-order valence-electron chi connectivity index (χ4n) is 1.08. The number of nitrogens with two attached hydrogens (primary N) is 1. The van der Waals surface area contributed by atoms with Gasteiger partial charge in [0.1, 0.15) is 6.10 Å². The first-order chi connectivity index (χ1) is 7.16. The van der Waals surface area contributed by atoms with E-state index in [-0.39, 0.29) is 0 Å². The second kappa shape index (κ2) is 4.64. The van der Waals surface area contributed by atoms with Gasteiger partial charge in [0.2, 0.25) is 2.57 Å². The van der Waals surface area contributed by atoms with Gasteiger partial charge in [-0.2, -0.15) is 0 Å². The van der Waals surface area contributed by atoms with Crippen molar-refractivity contribution >= 4 is 47.4 Å². The van der Waals surface area contributed by atoms with E-state index in [1.54, 1.807) is 24.3 Å². The van der Waals surface area contributed by atoms with E-state index in [9.17, 15) is 13.5 Å². The van der Waals surface area contributed by atoms with Crippen molar-refractivity contribution in [1.29, 1.82) is 0 Å². The van der Waals surface area contributed by atoms with Crippen LogP contribution in [0.25, 0.3) is 0 Å². The summed E-state index contributed by atoms with van der Waals surface area (Å²) < 4.78 is 21.3. The summed E-state index contributed by atoms with van der Waals surface area (Å²) in [6.07, 6.45) is -0.208. The molecule has 0 aliphatic carbocycles. The fourth-order valence-corrected chi connectivity index (χ4v) is 2.15. The standard InChI is InChI=1S/C9H11Br2NO3S/c1-16(14,15)9(10,11)8(13)6-2-4-7(12)5-3-6/h2-5,8,13H,12H2,1H3/t8-/m0/s1. The second-order valence-electron chi connectivity index (χ2n) is 3.40. The van der Waals surface area contributed by atoms with E-state index in [4.69, 9.17) is 5.73 Å². The van der Waals surface area contributed by atoms with Crippen LogP contribution in [0.15, 0.2) is 24.3 Å². The molecule has 16 heavy (non-hydrogen) atoms. The number of rotatable bonds is 3. The van der Waals surface area contributed by atoms with Crippen LogP contribution in [0.3, 0.4) is 0 Å². The number of hydrogen-bond donors (Lipinski definition) is 2. The largest absolute Gasteiger partial charge is 0.399 e. The lowest BCUT2D eigenvalue weighted by molar-refractivity contribution is 0.189. The highest BCUT2D eigenvalue weighted by atomic mass is 79.9. The summed E-state index contributed by atoms with van der Waals surface area (Å²) in [6, 6.07) is 6.33. The summed E-state index contributed by atoms with van der Waals surface area (Å²) in [7, 11) is -3.51. The highest BCUT2D eigenvalue weighted by molar-refractivity contribution is 9.27. The van der Waals surface area contributed by atoms with Gasteiger partial charge in [-0.1, -0.05) is 44.0 Å². The smallest absolute Gasteiger partial charge is 0.210 e. The van der Waals surface area contributed by atoms with E-state index in [1.807, 2.05) is 0 Å². The monoisotopic (exact) mass is 371 g/mol. The Morgan fingerprint density at radius 1 is 1.31 bits per heavy atom. The molecule has 0 heterocycles. The van der Waals surface area contributed by atoms with Crippen molar-refractivity contribution in [1.82, 2.24) is 0 Å². The van der Waals surface area contributed by atoms with Crippen molar-refractivity contribution in [2.45, 2.75) is 8.67 Å². The molecule has 7 heteroatoms. The predicted molar refractivity (Wildman–Crippen MR) is 71.2 cm³/mol. The van der Waals surface area contributed by atoms with Crippen LogP contribution in [0.1, 0.15) is 11.7 Å². The Bertz CT molecular complexity index is 470. The van der Waals surface area contributed by atoms with Gasteiger partial charge in [-0.25, -0.2) is 8.42 Å². The van der Waals surface area contributed by atoms with Gasteiger partial charge in [-0.3, -0.25) is 0 Å². The van der Waals surface area contributed by atoms with E-state index in [0.717, 1.165) is 6.26 Å². The number of anilines is 1. The van der Waals surface area contributed by atoms with Gasteiger partial charge in [-0.15, -0.1) is 0 Å². The molecule has 0 aliphatic rings. The Morgan fingerprint density at radius 3 is 2.12 bits per heavy atom. The summed E-state index contributed by atoms with van der Waals surface area (Å²) in [5.41, 5.74) is 6.50. The van der Waals surface area contributed by atoms with Gasteiger partial charge in [-0.05, 0) is 17.7 Å². The molecule has 0 saturated heterocycles. The lowest BCUT2D eigenvalue weighted by Gasteiger charge is -2.25. The first-order valence-corrected chi connectivity index (χ1v) is 7.75. The number of sulfone groups is 1. The highest BCUT2D eigenvalue weighted by Crippen LogP contribution is 2.43. The molecule has 1 atom stereocenters. The molecule has 0 saturated carbocycles. The first-order valence-electron chi connectivity index (χ1n) is 4.27. The molecule has 0 fully saturated rings. The van der Waals surface area contributed by atoms with Crippen molar-refractivity contribution in [3.63, 3.8) is 0 Å². The van der Waals surface area contributed by atoms with Crippen LogP contribution >= 0.6 is 31.9 Å². The van der Waals surface area contributed by atoms with Gasteiger partial charge >= 0.3 is 0 Å². The van der Waals surface area contributed by atoms with Crippen LogP contribution in [0.5, 0.6) is 0 Å². The van der Waals surface area contributed by atoms with E-state index >= 15 is 0 Å². The Kier molecular flexibility index (Phi) is 4.04. The number of aliphatic hydroxyl groups is 1. The molecule has 4 nitrogen and oxygen atoms in total. The zero-order chi connectivity index (χ0) is 12.6. The quantitative estimate of drug-likeness (QED) is 0.626. The average Bonchev–Trinajstić information content (AvgIpc) is 2.16. The molecule has 3 N–H and O–H groups in total. The molecule has 90 valence electrons. The normalized spacial score (nSPS) is 14.8. The average molecular weight is 373 g/mol. The number of hydrogen-bond acceptors (Lipinski definition) is 4. The summed E-state index contributed by atoms with van der Waals surface area (Å²) in [5.74, 6) is 0. The van der Waals surface area contributed by atoms with E-state index in [0.29, 0.717) is 11.3 Å². The van der Waals surface area contributed by atoms with E-state index in [1.165, 1.54) is 0 Å². The SMILES string of the molecule is CS(=O)(=O)C(Br)(Br)[C@@H](O)c1ccc(N)cc1.